The zero-order chi connectivity index (χ0) is 28.3. The first-order valence-corrected chi connectivity index (χ1v) is 12.9. The van der Waals surface area contributed by atoms with Gasteiger partial charge in [0.2, 0.25) is 0 Å². The topological polar surface area (TPSA) is 111 Å². The van der Waals surface area contributed by atoms with Crippen LogP contribution >= 0.6 is 22.6 Å². The van der Waals surface area contributed by atoms with E-state index in [1.807, 2.05) is 26.0 Å². The lowest BCUT2D eigenvalue weighted by Gasteiger charge is -2.26. The Kier molecular flexibility index (Phi) is 8.34. The molecule has 1 aliphatic heterocycles. The van der Waals surface area contributed by atoms with Crippen molar-refractivity contribution in [1.82, 2.24) is 5.32 Å². The molecule has 1 heterocycles. The fourth-order valence-corrected chi connectivity index (χ4v) is 4.72. The van der Waals surface area contributed by atoms with Crippen molar-refractivity contribution >= 4 is 58.2 Å². The van der Waals surface area contributed by atoms with Crippen molar-refractivity contribution in [3.8, 4) is 11.5 Å². The average Bonchev–Trinajstić information content (AvgIpc) is 2.91. The first-order valence-electron chi connectivity index (χ1n) is 11.8. The summed E-state index contributed by atoms with van der Waals surface area (Å²) >= 11 is 2.10. The maximum atomic E-state index is 13.3. The van der Waals surface area contributed by atoms with E-state index in [0.29, 0.717) is 27.2 Å². The number of amides is 4. The largest absolute Gasteiger partial charge is 0.493 e. The second-order valence-electron chi connectivity index (χ2n) is 8.74. The third kappa shape index (κ3) is 5.95. The summed E-state index contributed by atoms with van der Waals surface area (Å²) in [5, 5.41) is 2.19. The Morgan fingerprint density at radius 2 is 1.69 bits per heavy atom. The highest BCUT2D eigenvalue weighted by molar-refractivity contribution is 14.1. The minimum atomic E-state index is -0.893. The quantitative estimate of drug-likeness (QED) is 0.169. The molecule has 0 spiro atoms. The summed E-state index contributed by atoms with van der Waals surface area (Å²) < 4.78 is 17.0. The van der Waals surface area contributed by atoms with E-state index in [1.54, 1.807) is 12.1 Å². The molecule has 0 bridgehead atoms. The lowest BCUT2D eigenvalue weighted by molar-refractivity contribution is -0.122. The van der Waals surface area contributed by atoms with Crippen molar-refractivity contribution in [3.63, 3.8) is 0 Å². The van der Waals surface area contributed by atoms with Crippen LogP contribution in [-0.2, 0) is 20.9 Å². The second kappa shape index (κ2) is 11.7. The molecule has 1 saturated heterocycles. The third-order valence-corrected chi connectivity index (χ3v) is 6.97. The number of halogens is 1. The number of nitrogens with zero attached hydrogens (tertiary/aromatic N) is 1. The molecule has 200 valence electrons. The molecule has 39 heavy (non-hydrogen) atoms. The van der Waals surface area contributed by atoms with Gasteiger partial charge < -0.3 is 14.2 Å². The first-order chi connectivity index (χ1) is 18.6. The number of hydrogen-bond donors (Lipinski definition) is 1. The van der Waals surface area contributed by atoms with Gasteiger partial charge in [0.05, 0.1) is 29.0 Å². The molecule has 1 aliphatic rings. The number of ether oxygens (including phenoxy) is 3. The van der Waals surface area contributed by atoms with E-state index < -0.39 is 23.8 Å². The summed E-state index contributed by atoms with van der Waals surface area (Å²) in [7, 11) is 2.75. The fourth-order valence-electron chi connectivity index (χ4n) is 3.94. The van der Waals surface area contributed by atoms with Gasteiger partial charge in [-0.25, -0.2) is 14.5 Å². The van der Waals surface area contributed by atoms with Crippen LogP contribution in [-0.4, -0.2) is 38.0 Å². The Hall–Kier alpha value is -4.19. The van der Waals surface area contributed by atoms with Crippen molar-refractivity contribution in [2.24, 2.45) is 0 Å². The second-order valence-corrected chi connectivity index (χ2v) is 9.90. The molecule has 9 nitrogen and oxygen atoms in total. The Bertz CT molecular complexity index is 1510. The van der Waals surface area contributed by atoms with Gasteiger partial charge >= 0.3 is 12.0 Å². The number of benzene rings is 3. The fraction of sp³-hybridized carbons (Fsp3) is 0.172. The normalized spacial score (nSPS) is 14.3. The third-order valence-electron chi connectivity index (χ3n) is 6.17. The first kappa shape index (κ1) is 27.8. The molecule has 10 heteroatoms. The van der Waals surface area contributed by atoms with Crippen molar-refractivity contribution in [3.05, 3.63) is 91.6 Å². The summed E-state index contributed by atoms with van der Waals surface area (Å²) in [6.45, 7) is 4.42. The van der Waals surface area contributed by atoms with Gasteiger partial charge in [-0.2, -0.15) is 0 Å². The van der Waals surface area contributed by atoms with Crippen molar-refractivity contribution < 1.29 is 33.4 Å². The molecule has 1 fully saturated rings. The number of methoxy groups -OCH3 is 2. The lowest BCUT2D eigenvalue weighted by Crippen LogP contribution is -2.54. The zero-order valence-corrected chi connectivity index (χ0v) is 23.8. The number of nitrogens with one attached hydrogen (secondary N) is 1. The Balaban J connectivity index is 1.61. The molecule has 0 saturated carbocycles. The summed E-state index contributed by atoms with van der Waals surface area (Å²) in [5.74, 6) is -1.24. The summed E-state index contributed by atoms with van der Waals surface area (Å²) in [6, 6.07) is 14.3. The van der Waals surface area contributed by atoms with E-state index in [4.69, 9.17) is 9.47 Å². The number of aryl methyl sites for hydroxylation is 2. The number of carbonyl (C=O) groups excluding carboxylic acids is 4. The number of esters is 1. The van der Waals surface area contributed by atoms with Crippen LogP contribution in [0.15, 0.2) is 60.2 Å². The number of barbiturate groups is 1. The number of carbonyl (C=O) groups is 4. The highest BCUT2D eigenvalue weighted by Crippen LogP contribution is 2.35. The molecule has 0 atom stereocenters. The van der Waals surface area contributed by atoms with Gasteiger partial charge in [-0.05, 0) is 101 Å². The number of anilines is 1. The molecular weight excluding hydrogens is 615 g/mol. The SMILES string of the molecule is COC(=O)c1ccc(N2C(=O)NC(=O)/C(=C\c3cc(I)c(OCc4ccc(C)c(C)c4)c(OC)c3)C2=O)cc1. The summed E-state index contributed by atoms with van der Waals surface area (Å²) in [5.41, 5.74) is 4.07. The van der Waals surface area contributed by atoms with Crippen molar-refractivity contribution in [1.29, 1.82) is 0 Å². The zero-order valence-electron chi connectivity index (χ0n) is 21.7. The lowest BCUT2D eigenvalue weighted by atomic mass is 10.1. The van der Waals surface area contributed by atoms with Crippen LogP contribution in [0.4, 0.5) is 10.5 Å². The van der Waals surface area contributed by atoms with Gasteiger partial charge in [0.15, 0.2) is 11.5 Å². The minimum Gasteiger partial charge on any atom is -0.493 e. The van der Waals surface area contributed by atoms with E-state index in [0.717, 1.165) is 10.5 Å². The maximum Gasteiger partial charge on any atom is 0.337 e. The van der Waals surface area contributed by atoms with Crippen LogP contribution in [0, 0.1) is 17.4 Å². The molecule has 0 radical (unpaired) electrons. The smallest absolute Gasteiger partial charge is 0.337 e. The van der Waals surface area contributed by atoms with Crippen molar-refractivity contribution in [2.45, 2.75) is 20.5 Å². The van der Waals surface area contributed by atoms with Gasteiger partial charge in [-0.3, -0.25) is 14.9 Å². The maximum absolute atomic E-state index is 13.3. The number of urea groups is 1. The van der Waals surface area contributed by atoms with Crippen LogP contribution in [0.3, 0.4) is 0 Å². The predicted molar refractivity (Wildman–Crippen MR) is 153 cm³/mol. The molecule has 3 aromatic carbocycles. The highest BCUT2D eigenvalue weighted by atomic mass is 127. The van der Waals surface area contributed by atoms with Gasteiger partial charge in [0, 0.05) is 0 Å². The molecule has 1 N–H and O–H groups in total. The molecule has 4 rings (SSSR count). The number of imide groups is 2. The van der Waals surface area contributed by atoms with Crippen LogP contribution < -0.4 is 19.7 Å². The van der Waals surface area contributed by atoms with E-state index in [-0.39, 0.29) is 16.8 Å². The van der Waals surface area contributed by atoms with E-state index >= 15 is 0 Å². The average molecular weight is 640 g/mol. The number of hydrogen-bond acceptors (Lipinski definition) is 7. The summed E-state index contributed by atoms with van der Waals surface area (Å²) in [4.78, 5) is 51.0. The molecule has 3 aromatic rings. The predicted octanol–water partition coefficient (Wildman–Crippen LogP) is 4.95. The van der Waals surface area contributed by atoms with Crippen LogP contribution in [0.2, 0.25) is 0 Å². The van der Waals surface area contributed by atoms with Crippen LogP contribution in [0.25, 0.3) is 6.08 Å². The molecular formula is C29H25IN2O7. The Labute approximate surface area is 238 Å². The molecule has 4 amide bonds. The summed E-state index contributed by atoms with van der Waals surface area (Å²) in [6.07, 6.45) is 1.39. The van der Waals surface area contributed by atoms with E-state index in [2.05, 4.69) is 38.7 Å². The van der Waals surface area contributed by atoms with Gasteiger partial charge in [0.1, 0.15) is 12.2 Å². The Morgan fingerprint density at radius 1 is 0.974 bits per heavy atom. The van der Waals surface area contributed by atoms with Gasteiger partial charge in [-0.15, -0.1) is 0 Å². The molecule has 0 aliphatic carbocycles. The highest BCUT2D eigenvalue weighted by Gasteiger charge is 2.37. The van der Waals surface area contributed by atoms with Crippen LogP contribution in [0.5, 0.6) is 11.5 Å². The standard InChI is InChI=1S/C29H25IN2O7/c1-16-5-6-18(11-17(16)2)15-39-25-23(30)13-19(14-24(25)37-3)12-22-26(33)31-29(36)32(27(22)34)21-9-7-20(8-10-21)28(35)38-4/h5-14H,15H2,1-4H3,(H,31,33,36)/b22-12+. The van der Waals surface area contributed by atoms with E-state index in [9.17, 15) is 19.2 Å². The molecule has 0 aromatic heterocycles. The molecule has 0 unspecified atom stereocenters. The van der Waals surface area contributed by atoms with Crippen LogP contribution in [0.1, 0.15) is 32.6 Å². The Morgan fingerprint density at radius 3 is 2.33 bits per heavy atom. The van der Waals surface area contributed by atoms with Gasteiger partial charge in [-0.1, -0.05) is 18.2 Å². The van der Waals surface area contributed by atoms with Crippen molar-refractivity contribution in [2.75, 3.05) is 19.1 Å². The minimum absolute atomic E-state index is 0.186. The number of rotatable bonds is 7. The van der Waals surface area contributed by atoms with E-state index in [1.165, 1.54) is 55.7 Å². The monoisotopic (exact) mass is 640 g/mol. The van der Waals surface area contributed by atoms with Gasteiger partial charge in [0.25, 0.3) is 11.8 Å².